The summed E-state index contributed by atoms with van der Waals surface area (Å²) < 4.78 is 2.15. The minimum absolute atomic E-state index is 1.13. The average molecular weight is 270 g/mol. The maximum Gasteiger partial charge on any atom is 0.414 e. The lowest BCUT2D eigenvalue weighted by Gasteiger charge is -2.01. The van der Waals surface area contributed by atoms with Gasteiger partial charge in [-0.25, -0.2) is 14.6 Å². The third-order valence-corrected chi connectivity index (χ3v) is 2.51. The molecule has 6 nitrogen and oxygen atoms in total. The van der Waals surface area contributed by atoms with Gasteiger partial charge in [-0.2, -0.15) is 0 Å². The normalized spacial score (nSPS) is 9.53. The van der Waals surface area contributed by atoms with Crippen LogP contribution in [0.5, 0.6) is 0 Å². The number of aryl methyl sites for hydroxylation is 1. The maximum atomic E-state index is 9.10. The Hall–Kier alpha value is -1.85. The summed E-state index contributed by atoms with van der Waals surface area (Å²) in [6.07, 6.45) is 13.9. The van der Waals surface area contributed by atoms with E-state index < -0.39 is 11.9 Å². The number of nitrogens with zero attached hydrogens (tertiary/aromatic N) is 2. The van der Waals surface area contributed by atoms with E-state index in [4.69, 9.17) is 19.8 Å². The van der Waals surface area contributed by atoms with Gasteiger partial charge in [0.25, 0.3) is 0 Å². The van der Waals surface area contributed by atoms with Crippen LogP contribution in [0.2, 0.25) is 0 Å². The smallest absolute Gasteiger partial charge is 0.414 e. The molecule has 0 saturated heterocycles. The van der Waals surface area contributed by atoms with Crippen LogP contribution in [0.4, 0.5) is 0 Å². The molecule has 19 heavy (non-hydrogen) atoms. The first-order valence-electron chi connectivity index (χ1n) is 6.49. The summed E-state index contributed by atoms with van der Waals surface area (Å²) in [4.78, 5) is 22.2. The third-order valence-electron chi connectivity index (χ3n) is 2.51. The fourth-order valence-corrected chi connectivity index (χ4v) is 1.49. The second-order valence-corrected chi connectivity index (χ2v) is 4.18. The molecule has 1 aromatic heterocycles. The summed E-state index contributed by atoms with van der Waals surface area (Å²) in [7, 11) is 0. The minimum atomic E-state index is -1.82. The fourth-order valence-electron chi connectivity index (χ4n) is 1.49. The van der Waals surface area contributed by atoms with Gasteiger partial charge in [0.05, 0.1) is 6.33 Å². The Labute approximate surface area is 113 Å². The topological polar surface area (TPSA) is 92.4 Å². The van der Waals surface area contributed by atoms with Crippen LogP contribution < -0.4 is 0 Å². The standard InChI is InChI=1S/C11H20N2.C2H2O4/c1-2-3-4-5-6-7-9-13-10-8-12-11-13;3-1(4)2(5)6/h8,10-11H,2-7,9H2,1H3;(H,3,4)(H,5,6). The van der Waals surface area contributed by atoms with Gasteiger partial charge in [0.2, 0.25) is 0 Å². The van der Waals surface area contributed by atoms with Gasteiger partial charge >= 0.3 is 11.9 Å². The van der Waals surface area contributed by atoms with E-state index in [-0.39, 0.29) is 0 Å². The number of carboxylic acid groups (broad SMARTS) is 2. The van der Waals surface area contributed by atoms with E-state index in [9.17, 15) is 0 Å². The first-order valence-corrected chi connectivity index (χ1v) is 6.49. The van der Waals surface area contributed by atoms with Crippen LogP contribution in [-0.4, -0.2) is 31.7 Å². The Morgan fingerprint density at radius 1 is 1.05 bits per heavy atom. The van der Waals surface area contributed by atoms with E-state index in [1.165, 1.54) is 38.5 Å². The average Bonchev–Trinajstić information content (AvgIpc) is 2.87. The van der Waals surface area contributed by atoms with Crippen molar-refractivity contribution in [1.29, 1.82) is 0 Å². The quantitative estimate of drug-likeness (QED) is 0.586. The summed E-state index contributed by atoms with van der Waals surface area (Å²) >= 11 is 0. The Morgan fingerprint density at radius 3 is 2.11 bits per heavy atom. The van der Waals surface area contributed by atoms with E-state index in [2.05, 4.69) is 16.5 Å². The van der Waals surface area contributed by atoms with Crippen LogP contribution in [0.3, 0.4) is 0 Å². The molecule has 1 rings (SSSR count). The van der Waals surface area contributed by atoms with Crippen LogP contribution in [-0.2, 0) is 16.1 Å². The summed E-state index contributed by atoms with van der Waals surface area (Å²) in [6.45, 7) is 3.39. The van der Waals surface area contributed by atoms with Gasteiger partial charge in [0, 0.05) is 18.9 Å². The van der Waals surface area contributed by atoms with E-state index in [0.717, 1.165) is 6.54 Å². The van der Waals surface area contributed by atoms with E-state index in [1.54, 1.807) is 0 Å². The molecule has 0 aliphatic rings. The van der Waals surface area contributed by atoms with E-state index >= 15 is 0 Å². The SMILES string of the molecule is CCCCCCCCn1ccnc1.O=C(O)C(=O)O. The molecule has 6 heteroatoms. The predicted octanol–water partition coefficient (Wildman–Crippen LogP) is 2.40. The van der Waals surface area contributed by atoms with Crippen molar-refractivity contribution in [2.75, 3.05) is 0 Å². The highest BCUT2D eigenvalue weighted by molar-refractivity contribution is 6.27. The van der Waals surface area contributed by atoms with Crippen molar-refractivity contribution in [1.82, 2.24) is 9.55 Å². The lowest BCUT2D eigenvalue weighted by molar-refractivity contribution is -0.159. The third kappa shape index (κ3) is 11.0. The number of carbonyl (C=O) groups is 2. The largest absolute Gasteiger partial charge is 0.473 e. The zero-order valence-electron chi connectivity index (χ0n) is 11.3. The molecule has 0 amide bonds. The number of unbranched alkanes of at least 4 members (excludes halogenated alkanes) is 5. The van der Waals surface area contributed by atoms with Gasteiger partial charge in [0.15, 0.2) is 0 Å². The minimum Gasteiger partial charge on any atom is -0.473 e. The van der Waals surface area contributed by atoms with E-state index in [0.29, 0.717) is 0 Å². The Balaban J connectivity index is 0.000000459. The molecular weight excluding hydrogens is 248 g/mol. The van der Waals surface area contributed by atoms with Crippen molar-refractivity contribution in [3.05, 3.63) is 18.7 Å². The Bertz CT molecular complexity index is 338. The van der Waals surface area contributed by atoms with Gasteiger partial charge in [-0.15, -0.1) is 0 Å². The molecule has 0 spiro atoms. The molecule has 2 N–H and O–H groups in total. The summed E-state index contributed by atoms with van der Waals surface area (Å²) in [5.74, 6) is -3.65. The number of aromatic nitrogens is 2. The number of hydrogen-bond acceptors (Lipinski definition) is 3. The van der Waals surface area contributed by atoms with Crippen molar-refractivity contribution in [3.8, 4) is 0 Å². The van der Waals surface area contributed by atoms with Gasteiger partial charge in [-0.1, -0.05) is 39.0 Å². The van der Waals surface area contributed by atoms with Gasteiger partial charge in [-0.05, 0) is 6.42 Å². The molecule has 108 valence electrons. The van der Waals surface area contributed by atoms with Crippen LogP contribution in [0.15, 0.2) is 18.7 Å². The molecule has 0 fully saturated rings. The van der Waals surface area contributed by atoms with Crippen LogP contribution >= 0.6 is 0 Å². The van der Waals surface area contributed by atoms with Gasteiger partial charge in [0.1, 0.15) is 0 Å². The molecule has 0 aromatic carbocycles. The maximum absolute atomic E-state index is 9.10. The van der Waals surface area contributed by atoms with Crippen molar-refractivity contribution >= 4 is 11.9 Å². The van der Waals surface area contributed by atoms with Gasteiger partial charge < -0.3 is 14.8 Å². The first kappa shape index (κ1) is 17.2. The first-order chi connectivity index (χ1) is 9.07. The molecule has 0 unspecified atom stereocenters. The molecule has 1 heterocycles. The summed E-state index contributed by atoms with van der Waals surface area (Å²) in [6, 6.07) is 0. The van der Waals surface area contributed by atoms with E-state index in [1.807, 2.05) is 18.7 Å². The predicted molar refractivity (Wildman–Crippen MR) is 70.9 cm³/mol. The molecule has 0 saturated carbocycles. The van der Waals surface area contributed by atoms with Crippen molar-refractivity contribution < 1.29 is 19.8 Å². The zero-order chi connectivity index (χ0) is 14.5. The molecule has 0 aliphatic heterocycles. The highest BCUT2D eigenvalue weighted by Gasteiger charge is 2.04. The van der Waals surface area contributed by atoms with Gasteiger partial charge in [-0.3, -0.25) is 0 Å². The summed E-state index contributed by atoms with van der Waals surface area (Å²) in [5, 5.41) is 14.8. The number of carboxylic acids is 2. The Kier molecular flexibility index (Phi) is 10.2. The highest BCUT2D eigenvalue weighted by atomic mass is 16.4. The number of imidazole rings is 1. The second kappa shape index (κ2) is 11.3. The number of rotatable bonds is 7. The number of hydrogen-bond donors (Lipinski definition) is 2. The monoisotopic (exact) mass is 270 g/mol. The highest BCUT2D eigenvalue weighted by Crippen LogP contribution is 2.05. The van der Waals surface area contributed by atoms with Crippen molar-refractivity contribution in [2.24, 2.45) is 0 Å². The summed E-state index contributed by atoms with van der Waals surface area (Å²) in [5.41, 5.74) is 0. The zero-order valence-corrected chi connectivity index (χ0v) is 11.3. The molecule has 0 atom stereocenters. The molecule has 0 radical (unpaired) electrons. The van der Waals surface area contributed by atoms with Crippen LogP contribution in [0.1, 0.15) is 45.4 Å². The lowest BCUT2D eigenvalue weighted by atomic mass is 10.1. The molecule has 1 aromatic rings. The van der Waals surface area contributed by atoms with Crippen molar-refractivity contribution in [2.45, 2.75) is 52.0 Å². The number of aliphatic carboxylic acids is 2. The van der Waals surface area contributed by atoms with Crippen LogP contribution in [0, 0.1) is 0 Å². The fraction of sp³-hybridized carbons (Fsp3) is 0.615. The molecule has 0 aliphatic carbocycles. The Morgan fingerprint density at radius 2 is 1.63 bits per heavy atom. The van der Waals surface area contributed by atoms with Crippen molar-refractivity contribution in [3.63, 3.8) is 0 Å². The molecule has 0 bridgehead atoms. The lowest BCUT2D eigenvalue weighted by Crippen LogP contribution is -2.09. The second-order valence-electron chi connectivity index (χ2n) is 4.18. The van der Waals surface area contributed by atoms with Crippen LogP contribution in [0.25, 0.3) is 0 Å². The molecular formula is C13H22N2O4.